The number of benzene rings is 2. The molecule has 7 nitrogen and oxygen atoms in total. The number of anilines is 1. The van der Waals surface area contributed by atoms with Gasteiger partial charge >= 0.3 is 5.69 Å². The maximum Gasteiger partial charge on any atom is 0.329 e. The number of aromatic nitrogens is 2. The summed E-state index contributed by atoms with van der Waals surface area (Å²) >= 11 is 0. The van der Waals surface area contributed by atoms with Crippen molar-refractivity contribution in [2.24, 2.45) is 0 Å². The second-order valence-electron chi connectivity index (χ2n) is 8.38. The minimum Gasteiger partial charge on any atom is -0.369 e. The van der Waals surface area contributed by atoms with Crippen LogP contribution in [0.5, 0.6) is 0 Å². The van der Waals surface area contributed by atoms with E-state index >= 15 is 0 Å². The molecule has 170 valence electrons. The highest BCUT2D eigenvalue weighted by atomic mass is 19.1. The van der Waals surface area contributed by atoms with Gasteiger partial charge in [0.15, 0.2) is 0 Å². The van der Waals surface area contributed by atoms with Gasteiger partial charge in [0.05, 0.1) is 17.1 Å². The molecule has 32 heavy (non-hydrogen) atoms. The molecule has 0 bridgehead atoms. The Balaban J connectivity index is 1.55. The van der Waals surface area contributed by atoms with E-state index in [1.54, 1.807) is 10.6 Å². The van der Waals surface area contributed by atoms with Crippen LogP contribution in [0.15, 0.2) is 47.3 Å². The first-order valence-electron chi connectivity index (χ1n) is 11.1. The van der Waals surface area contributed by atoms with Crippen molar-refractivity contribution in [2.75, 3.05) is 38.1 Å². The van der Waals surface area contributed by atoms with Gasteiger partial charge < -0.3 is 15.1 Å². The van der Waals surface area contributed by atoms with Crippen molar-refractivity contribution >= 4 is 22.6 Å². The molecule has 1 amide bonds. The number of hydrogen-bond donors (Lipinski definition) is 1. The second kappa shape index (κ2) is 9.16. The highest BCUT2D eigenvalue weighted by molar-refractivity contribution is 5.81. The van der Waals surface area contributed by atoms with Gasteiger partial charge in [-0.3, -0.25) is 13.9 Å². The summed E-state index contributed by atoms with van der Waals surface area (Å²) in [4.78, 5) is 30.2. The summed E-state index contributed by atoms with van der Waals surface area (Å²) < 4.78 is 17.3. The Bertz CT molecular complexity index is 1180. The molecule has 1 N–H and O–H groups in total. The van der Waals surface area contributed by atoms with Crippen LogP contribution in [0.25, 0.3) is 11.0 Å². The molecule has 1 atom stereocenters. The quantitative estimate of drug-likeness (QED) is 0.641. The fourth-order valence-electron chi connectivity index (χ4n) is 4.45. The zero-order valence-corrected chi connectivity index (χ0v) is 18.8. The lowest BCUT2D eigenvalue weighted by atomic mass is 10.0. The highest BCUT2D eigenvalue weighted by Crippen LogP contribution is 2.28. The normalized spacial score (nSPS) is 15.8. The number of piperazine rings is 1. The van der Waals surface area contributed by atoms with E-state index in [9.17, 15) is 14.0 Å². The molecule has 8 heteroatoms. The van der Waals surface area contributed by atoms with E-state index in [-0.39, 0.29) is 24.0 Å². The number of rotatable bonds is 6. The van der Waals surface area contributed by atoms with E-state index < -0.39 is 6.04 Å². The summed E-state index contributed by atoms with van der Waals surface area (Å²) in [6.45, 7) is 7.76. The van der Waals surface area contributed by atoms with Crippen molar-refractivity contribution in [1.29, 1.82) is 0 Å². The predicted octanol–water partition coefficient (Wildman–Crippen LogP) is 2.59. The largest absolute Gasteiger partial charge is 0.369 e. The fourth-order valence-corrected chi connectivity index (χ4v) is 4.45. The number of carbonyl (C=O) groups excluding carboxylic acids is 1. The average molecular weight is 440 g/mol. The molecule has 1 aromatic heterocycles. The maximum absolute atomic E-state index is 14.1. The van der Waals surface area contributed by atoms with Crippen LogP contribution in [0.4, 0.5) is 10.1 Å². The summed E-state index contributed by atoms with van der Waals surface area (Å²) in [7, 11) is 2.09. The van der Waals surface area contributed by atoms with Crippen LogP contribution < -0.4 is 15.9 Å². The van der Waals surface area contributed by atoms with Crippen molar-refractivity contribution in [3.63, 3.8) is 0 Å². The number of carbonyl (C=O) groups is 1. The van der Waals surface area contributed by atoms with Gasteiger partial charge in [-0.1, -0.05) is 12.1 Å². The smallest absolute Gasteiger partial charge is 0.329 e. The number of likely N-dealkylation sites (N-methyl/N-ethyl adjacent to an activating group) is 1. The van der Waals surface area contributed by atoms with Gasteiger partial charge in [-0.2, -0.15) is 0 Å². The van der Waals surface area contributed by atoms with Gasteiger partial charge in [0.1, 0.15) is 12.4 Å². The Kier molecular flexibility index (Phi) is 6.32. The van der Waals surface area contributed by atoms with Crippen molar-refractivity contribution in [3.05, 3.63) is 64.3 Å². The van der Waals surface area contributed by atoms with Crippen LogP contribution in [-0.2, 0) is 17.9 Å². The number of fused-ring (bicyclic) bond motifs is 1. The number of para-hydroxylation sites is 2. The Labute approximate surface area is 187 Å². The summed E-state index contributed by atoms with van der Waals surface area (Å²) in [5.74, 6) is -0.617. The van der Waals surface area contributed by atoms with Gasteiger partial charge in [-0.15, -0.1) is 0 Å². The molecule has 1 saturated heterocycles. The first kappa shape index (κ1) is 22.1. The van der Waals surface area contributed by atoms with E-state index in [0.29, 0.717) is 6.54 Å². The van der Waals surface area contributed by atoms with Crippen molar-refractivity contribution < 1.29 is 9.18 Å². The van der Waals surface area contributed by atoms with Gasteiger partial charge in [-0.25, -0.2) is 9.18 Å². The molecule has 0 radical (unpaired) electrons. The van der Waals surface area contributed by atoms with Crippen LogP contribution in [0, 0.1) is 5.82 Å². The minimum atomic E-state index is -0.400. The zero-order chi connectivity index (χ0) is 22.8. The molecule has 0 aliphatic carbocycles. The van der Waals surface area contributed by atoms with E-state index in [2.05, 4.69) is 22.2 Å². The third kappa shape index (κ3) is 4.27. The number of hydrogen-bond acceptors (Lipinski definition) is 4. The molecule has 1 aliphatic rings. The SMILES string of the molecule is CCn1c(=O)n(CC(=O)NC(C)c2cc(F)ccc2N2CCN(C)CC2)c2ccccc21. The lowest BCUT2D eigenvalue weighted by molar-refractivity contribution is -0.122. The molecule has 0 saturated carbocycles. The summed E-state index contributed by atoms with van der Waals surface area (Å²) in [6, 6.07) is 11.8. The summed E-state index contributed by atoms with van der Waals surface area (Å²) in [5, 5.41) is 2.97. The summed E-state index contributed by atoms with van der Waals surface area (Å²) in [5.41, 5.74) is 3.01. The molecule has 1 aliphatic heterocycles. The van der Waals surface area contributed by atoms with E-state index in [1.807, 2.05) is 38.1 Å². The lowest BCUT2D eigenvalue weighted by Crippen LogP contribution is -2.45. The van der Waals surface area contributed by atoms with Gasteiger partial charge in [0.2, 0.25) is 5.91 Å². The monoisotopic (exact) mass is 439 g/mol. The highest BCUT2D eigenvalue weighted by Gasteiger charge is 2.22. The van der Waals surface area contributed by atoms with Gasteiger partial charge in [-0.05, 0) is 51.2 Å². The standard InChI is InChI=1S/C24H30FN5O2/c1-4-29-21-7-5-6-8-22(21)30(24(29)32)16-23(31)26-17(2)19-15-18(25)9-10-20(19)28-13-11-27(3)12-14-28/h5-10,15,17H,4,11-14,16H2,1-3H3,(H,26,31). The number of nitrogens with zero attached hydrogens (tertiary/aromatic N) is 4. The van der Waals surface area contributed by atoms with Crippen LogP contribution in [0.3, 0.4) is 0 Å². The van der Waals surface area contributed by atoms with Crippen LogP contribution >= 0.6 is 0 Å². The lowest BCUT2D eigenvalue weighted by Gasteiger charge is -2.36. The van der Waals surface area contributed by atoms with Crippen molar-refractivity contribution in [3.8, 4) is 0 Å². The Morgan fingerprint density at radius 1 is 1.06 bits per heavy atom. The molecule has 1 fully saturated rings. The van der Waals surface area contributed by atoms with Crippen molar-refractivity contribution in [2.45, 2.75) is 33.0 Å². The molecular weight excluding hydrogens is 409 g/mol. The molecule has 0 spiro atoms. The molecule has 4 rings (SSSR count). The fraction of sp³-hybridized carbons (Fsp3) is 0.417. The van der Waals surface area contributed by atoms with Gasteiger partial charge in [0, 0.05) is 44.0 Å². The Morgan fingerprint density at radius 2 is 1.72 bits per heavy atom. The Hall–Kier alpha value is -3.13. The molecule has 3 aromatic rings. The molecule has 2 aromatic carbocycles. The van der Waals surface area contributed by atoms with Crippen LogP contribution in [0.1, 0.15) is 25.5 Å². The zero-order valence-electron chi connectivity index (χ0n) is 18.8. The number of nitrogens with one attached hydrogen (secondary N) is 1. The van der Waals surface area contributed by atoms with Crippen LogP contribution in [0.2, 0.25) is 0 Å². The van der Waals surface area contributed by atoms with Gasteiger partial charge in [0.25, 0.3) is 0 Å². The third-order valence-electron chi connectivity index (χ3n) is 6.22. The molecular formula is C24H30FN5O2. The minimum absolute atomic E-state index is 0.0875. The first-order chi connectivity index (χ1) is 15.4. The average Bonchev–Trinajstić information content (AvgIpc) is 3.05. The summed E-state index contributed by atoms with van der Waals surface area (Å²) in [6.07, 6.45) is 0. The second-order valence-corrected chi connectivity index (χ2v) is 8.38. The third-order valence-corrected chi connectivity index (χ3v) is 6.22. The molecule has 2 heterocycles. The van der Waals surface area contributed by atoms with Crippen LogP contribution in [-0.4, -0.2) is 53.2 Å². The van der Waals surface area contributed by atoms with Crippen molar-refractivity contribution in [1.82, 2.24) is 19.4 Å². The number of imidazole rings is 1. The van der Waals surface area contributed by atoms with E-state index in [0.717, 1.165) is 48.5 Å². The first-order valence-corrected chi connectivity index (χ1v) is 11.1. The number of aryl methyl sites for hydroxylation is 1. The number of amides is 1. The Morgan fingerprint density at radius 3 is 2.38 bits per heavy atom. The number of halogens is 1. The molecule has 1 unspecified atom stereocenters. The van der Waals surface area contributed by atoms with E-state index in [4.69, 9.17) is 0 Å². The maximum atomic E-state index is 14.1. The van der Waals surface area contributed by atoms with E-state index in [1.165, 1.54) is 16.7 Å². The topological polar surface area (TPSA) is 62.5 Å². The predicted molar refractivity (Wildman–Crippen MR) is 125 cm³/mol.